The Morgan fingerprint density at radius 2 is 1.85 bits per heavy atom. The van der Waals surface area contributed by atoms with E-state index in [0.29, 0.717) is 4.47 Å². The lowest BCUT2D eigenvalue weighted by Gasteiger charge is -2.09. The zero-order valence-electron chi connectivity index (χ0n) is 9.95. The Bertz CT molecular complexity index is 762. The van der Waals surface area contributed by atoms with Crippen LogP contribution in [0.4, 0.5) is 5.82 Å². The van der Waals surface area contributed by atoms with E-state index in [2.05, 4.69) is 25.6 Å². The number of nitrogens with one attached hydrogen (secondary N) is 1. The van der Waals surface area contributed by atoms with Crippen molar-refractivity contribution in [2.75, 3.05) is 4.72 Å². The molecule has 0 aliphatic rings. The van der Waals surface area contributed by atoms with Crippen molar-refractivity contribution in [3.63, 3.8) is 0 Å². The van der Waals surface area contributed by atoms with Crippen molar-refractivity contribution in [2.45, 2.75) is 4.90 Å². The lowest BCUT2D eigenvalue weighted by molar-refractivity contribution is 0.0690. The van der Waals surface area contributed by atoms with Crippen molar-refractivity contribution >= 4 is 37.7 Å². The largest absolute Gasteiger partial charge is 0.477 e. The van der Waals surface area contributed by atoms with Gasteiger partial charge < -0.3 is 5.11 Å². The van der Waals surface area contributed by atoms with E-state index in [1.807, 2.05) is 0 Å². The zero-order chi connectivity index (χ0) is 14.8. The van der Waals surface area contributed by atoms with Crippen molar-refractivity contribution in [3.8, 4) is 0 Å². The van der Waals surface area contributed by atoms with Gasteiger partial charge in [0.05, 0.1) is 0 Å². The van der Waals surface area contributed by atoms with Crippen LogP contribution in [0.5, 0.6) is 0 Å². The number of aromatic nitrogens is 1. The van der Waals surface area contributed by atoms with E-state index in [9.17, 15) is 13.2 Å². The van der Waals surface area contributed by atoms with E-state index in [1.165, 1.54) is 24.3 Å². The average Bonchev–Trinajstić information content (AvgIpc) is 2.38. The smallest absolute Gasteiger partial charge is 0.354 e. The number of carboxylic acid groups (broad SMARTS) is 1. The van der Waals surface area contributed by atoms with Gasteiger partial charge in [0, 0.05) is 4.47 Å². The Balaban J connectivity index is 2.36. The van der Waals surface area contributed by atoms with Gasteiger partial charge in [-0.05, 0) is 40.2 Å². The van der Waals surface area contributed by atoms with Gasteiger partial charge in [-0.3, -0.25) is 4.72 Å². The Morgan fingerprint density at radius 1 is 1.15 bits per heavy atom. The number of carbonyl (C=O) groups is 1. The number of benzene rings is 1. The highest BCUT2D eigenvalue weighted by Gasteiger charge is 2.18. The minimum Gasteiger partial charge on any atom is -0.477 e. The summed E-state index contributed by atoms with van der Waals surface area (Å²) in [6.07, 6.45) is 0. The molecule has 104 valence electrons. The van der Waals surface area contributed by atoms with E-state index in [4.69, 9.17) is 5.11 Å². The van der Waals surface area contributed by atoms with Crippen LogP contribution in [-0.2, 0) is 10.0 Å². The van der Waals surface area contributed by atoms with E-state index < -0.39 is 16.0 Å². The molecule has 0 radical (unpaired) electrons. The number of pyridine rings is 1. The van der Waals surface area contributed by atoms with Gasteiger partial charge in [0.1, 0.15) is 10.7 Å². The number of halogens is 1. The molecule has 0 saturated carbocycles. The van der Waals surface area contributed by atoms with Gasteiger partial charge in [-0.15, -0.1) is 0 Å². The first-order valence-electron chi connectivity index (χ1n) is 5.38. The molecule has 0 saturated heterocycles. The van der Waals surface area contributed by atoms with Crippen LogP contribution in [0.1, 0.15) is 10.5 Å². The lowest BCUT2D eigenvalue weighted by atomic mass is 10.3. The first-order valence-corrected chi connectivity index (χ1v) is 7.65. The highest BCUT2D eigenvalue weighted by Crippen LogP contribution is 2.23. The molecule has 0 bridgehead atoms. The highest BCUT2D eigenvalue weighted by molar-refractivity contribution is 9.10. The van der Waals surface area contributed by atoms with Gasteiger partial charge in [-0.2, -0.15) is 0 Å². The zero-order valence-corrected chi connectivity index (χ0v) is 12.3. The maximum atomic E-state index is 12.2. The Morgan fingerprint density at radius 3 is 2.50 bits per heavy atom. The predicted octanol–water partition coefficient (Wildman–Crippen LogP) is 2.34. The van der Waals surface area contributed by atoms with Crippen LogP contribution in [0.15, 0.2) is 51.8 Å². The molecular weight excluding hydrogens is 348 g/mol. The minimum atomic E-state index is -3.84. The van der Waals surface area contributed by atoms with Gasteiger partial charge in [-0.1, -0.05) is 18.2 Å². The second-order valence-corrected chi connectivity index (χ2v) is 6.25. The van der Waals surface area contributed by atoms with Gasteiger partial charge in [0.15, 0.2) is 5.69 Å². The van der Waals surface area contributed by atoms with Crippen molar-refractivity contribution in [2.24, 2.45) is 0 Å². The van der Waals surface area contributed by atoms with Crippen molar-refractivity contribution < 1.29 is 18.3 Å². The van der Waals surface area contributed by atoms with Gasteiger partial charge in [-0.25, -0.2) is 18.2 Å². The number of sulfonamides is 1. The molecule has 20 heavy (non-hydrogen) atoms. The van der Waals surface area contributed by atoms with Gasteiger partial charge in [0.2, 0.25) is 0 Å². The summed E-state index contributed by atoms with van der Waals surface area (Å²) in [6, 6.07) is 10.4. The Kier molecular flexibility index (Phi) is 4.05. The summed E-state index contributed by atoms with van der Waals surface area (Å²) in [5.74, 6) is -1.28. The fraction of sp³-hybridized carbons (Fsp3) is 0. The quantitative estimate of drug-likeness (QED) is 0.876. The number of anilines is 1. The van der Waals surface area contributed by atoms with Crippen molar-refractivity contribution in [3.05, 3.63) is 52.6 Å². The Labute approximate surface area is 123 Å². The first kappa shape index (κ1) is 14.5. The molecule has 1 aromatic heterocycles. The third kappa shape index (κ3) is 3.14. The second-order valence-electron chi connectivity index (χ2n) is 3.75. The molecule has 0 amide bonds. The summed E-state index contributed by atoms with van der Waals surface area (Å²) in [5.41, 5.74) is -0.239. The molecule has 0 aliphatic heterocycles. The van der Waals surface area contributed by atoms with Crippen LogP contribution in [-0.4, -0.2) is 24.5 Å². The van der Waals surface area contributed by atoms with Gasteiger partial charge >= 0.3 is 5.97 Å². The molecule has 2 rings (SSSR count). The molecule has 8 heteroatoms. The van der Waals surface area contributed by atoms with Gasteiger partial charge in [0.25, 0.3) is 10.0 Å². The maximum absolute atomic E-state index is 12.2. The minimum absolute atomic E-state index is 0.0440. The van der Waals surface area contributed by atoms with Crippen LogP contribution < -0.4 is 4.72 Å². The van der Waals surface area contributed by atoms with E-state index in [0.717, 1.165) is 0 Å². The summed E-state index contributed by atoms with van der Waals surface area (Å²) in [5, 5.41) is 8.82. The molecule has 0 fully saturated rings. The van der Waals surface area contributed by atoms with Crippen LogP contribution in [0.2, 0.25) is 0 Å². The summed E-state index contributed by atoms with van der Waals surface area (Å²) in [6.45, 7) is 0. The lowest BCUT2D eigenvalue weighted by Crippen LogP contribution is -2.15. The molecule has 6 nitrogen and oxygen atoms in total. The van der Waals surface area contributed by atoms with Crippen LogP contribution in [0.3, 0.4) is 0 Å². The molecule has 1 aromatic carbocycles. The molecule has 0 aliphatic carbocycles. The normalized spacial score (nSPS) is 11.1. The maximum Gasteiger partial charge on any atom is 0.354 e. The summed E-state index contributed by atoms with van der Waals surface area (Å²) in [7, 11) is -3.84. The molecule has 0 spiro atoms. The number of hydrogen-bond donors (Lipinski definition) is 2. The van der Waals surface area contributed by atoms with E-state index in [1.54, 1.807) is 18.2 Å². The second kappa shape index (κ2) is 5.59. The number of carboxylic acids is 1. The predicted molar refractivity (Wildman–Crippen MR) is 76.1 cm³/mol. The monoisotopic (exact) mass is 356 g/mol. The summed E-state index contributed by atoms with van der Waals surface area (Å²) in [4.78, 5) is 14.5. The molecule has 2 aromatic rings. The number of nitrogens with zero attached hydrogens (tertiary/aromatic N) is 1. The molecule has 2 N–H and O–H groups in total. The van der Waals surface area contributed by atoms with Crippen LogP contribution in [0.25, 0.3) is 0 Å². The van der Waals surface area contributed by atoms with E-state index in [-0.39, 0.29) is 16.4 Å². The molecular formula is C12H9BrN2O4S. The summed E-state index contributed by atoms with van der Waals surface area (Å²) < 4.78 is 27.0. The highest BCUT2D eigenvalue weighted by atomic mass is 79.9. The standard InChI is InChI=1S/C12H9BrN2O4S/c13-8-4-1-2-6-10(8)20(18,19)15-11-7-3-5-9(14-11)12(16)17/h1-7H,(H,14,15)(H,16,17). The molecule has 0 unspecified atom stereocenters. The SMILES string of the molecule is O=C(O)c1cccc(NS(=O)(=O)c2ccccc2Br)n1. The van der Waals surface area contributed by atoms with Crippen molar-refractivity contribution in [1.82, 2.24) is 4.98 Å². The average molecular weight is 357 g/mol. The fourth-order valence-electron chi connectivity index (χ4n) is 1.47. The first-order chi connectivity index (χ1) is 9.40. The third-order valence-corrected chi connectivity index (χ3v) is 4.70. The number of hydrogen-bond acceptors (Lipinski definition) is 4. The molecule has 1 heterocycles. The number of rotatable bonds is 4. The van der Waals surface area contributed by atoms with Crippen LogP contribution in [0, 0.1) is 0 Å². The molecule has 0 atom stereocenters. The summed E-state index contributed by atoms with van der Waals surface area (Å²) >= 11 is 3.15. The topological polar surface area (TPSA) is 96.4 Å². The Hall–Kier alpha value is -1.93. The van der Waals surface area contributed by atoms with E-state index >= 15 is 0 Å². The number of aromatic carboxylic acids is 1. The fourth-order valence-corrected chi connectivity index (χ4v) is 3.47. The third-order valence-electron chi connectivity index (χ3n) is 2.33. The van der Waals surface area contributed by atoms with Crippen molar-refractivity contribution in [1.29, 1.82) is 0 Å². The van der Waals surface area contributed by atoms with Crippen LogP contribution >= 0.6 is 15.9 Å².